The second-order valence-corrected chi connectivity index (χ2v) is 3.91. The highest BCUT2D eigenvalue weighted by atomic mass is 16.4. The fraction of sp³-hybridized carbons (Fsp3) is 0.250. The third-order valence-electron chi connectivity index (χ3n) is 2.62. The summed E-state index contributed by atoms with van der Waals surface area (Å²) in [5, 5.41) is 18.4. The number of aromatic nitrogens is 2. The van der Waals surface area contributed by atoms with Crippen LogP contribution in [0.15, 0.2) is 29.3 Å². The summed E-state index contributed by atoms with van der Waals surface area (Å²) in [7, 11) is 0. The van der Waals surface area contributed by atoms with Gasteiger partial charge in [-0.25, -0.2) is 4.98 Å². The Morgan fingerprint density at radius 3 is 2.89 bits per heavy atom. The number of nitrogens with zero attached hydrogens (tertiary/aromatic N) is 2. The second-order valence-electron chi connectivity index (χ2n) is 3.91. The summed E-state index contributed by atoms with van der Waals surface area (Å²) >= 11 is 0. The van der Waals surface area contributed by atoms with E-state index in [1.807, 2.05) is 0 Å². The summed E-state index contributed by atoms with van der Waals surface area (Å²) in [5.41, 5.74) is -0.0155. The Morgan fingerprint density at radius 2 is 2.17 bits per heavy atom. The lowest BCUT2D eigenvalue weighted by Crippen LogP contribution is -2.21. The van der Waals surface area contributed by atoms with Gasteiger partial charge >= 0.3 is 5.97 Å². The Labute approximate surface area is 102 Å². The number of fused-ring (bicyclic) bond motifs is 1. The molecule has 18 heavy (non-hydrogen) atoms. The lowest BCUT2D eigenvalue weighted by Gasteiger charge is -2.06. The van der Waals surface area contributed by atoms with Crippen molar-refractivity contribution in [1.29, 1.82) is 0 Å². The maximum absolute atomic E-state index is 12.0. The highest BCUT2D eigenvalue weighted by molar-refractivity contribution is 5.82. The summed E-state index contributed by atoms with van der Waals surface area (Å²) < 4.78 is 1.35. The predicted molar refractivity (Wildman–Crippen MR) is 64.5 cm³/mol. The third-order valence-corrected chi connectivity index (χ3v) is 2.62. The van der Waals surface area contributed by atoms with Crippen LogP contribution >= 0.6 is 0 Å². The molecule has 1 aromatic heterocycles. The van der Waals surface area contributed by atoms with E-state index in [9.17, 15) is 14.7 Å². The molecule has 0 radical (unpaired) electrons. The van der Waals surface area contributed by atoms with E-state index in [1.165, 1.54) is 17.0 Å². The molecule has 0 saturated heterocycles. The van der Waals surface area contributed by atoms with Crippen LogP contribution in [0.4, 0.5) is 0 Å². The van der Waals surface area contributed by atoms with E-state index in [0.29, 0.717) is 18.4 Å². The largest absolute Gasteiger partial charge is 0.506 e. The molecule has 0 aliphatic rings. The summed E-state index contributed by atoms with van der Waals surface area (Å²) in [6, 6.07) is 4.62. The van der Waals surface area contributed by atoms with Gasteiger partial charge in [0.15, 0.2) is 0 Å². The molecular weight excluding hydrogens is 236 g/mol. The molecule has 0 bridgehead atoms. The van der Waals surface area contributed by atoms with Crippen LogP contribution in [0.25, 0.3) is 10.9 Å². The van der Waals surface area contributed by atoms with Gasteiger partial charge in [-0.2, -0.15) is 0 Å². The van der Waals surface area contributed by atoms with E-state index in [-0.39, 0.29) is 23.2 Å². The zero-order valence-corrected chi connectivity index (χ0v) is 9.54. The van der Waals surface area contributed by atoms with E-state index >= 15 is 0 Å². The van der Waals surface area contributed by atoms with Crippen LogP contribution in [0, 0.1) is 0 Å². The fourth-order valence-electron chi connectivity index (χ4n) is 1.73. The summed E-state index contributed by atoms with van der Waals surface area (Å²) in [5.74, 6) is -0.934. The van der Waals surface area contributed by atoms with Crippen molar-refractivity contribution < 1.29 is 15.0 Å². The predicted octanol–water partition coefficient (Wildman–Crippen LogP) is 0.967. The van der Waals surface area contributed by atoms with Crippen molar-refractivity contribution in [3.63, 3.8) is 0 Å². The summed E-state index contributed by atoms with van der Waals surface area (Å²) in [4.78, 5) is 26.4. The molecule has 6 nitrogen and oxygen atoms in total. The number of carbonyl (C=O) groups is 1. The molecule has 6 heteroatoms. The molecule has 2 N–H and O–H groups in total. The standard InChI is InChI=1S/C12H12N2O4/c15-9-4-1-3-8-11(9)13-7-14(12(8)18)6-2-5-10(16)17/h1,3-4,7,15H,2,5-6H2,(H,16,17). The van der Waals surface area contributed by atoms with Crippen molar-refractivity contribution >= 4 is 16.9 Å². The van der Waals surface area contributed by atoms with Gasteiger partial charge in [0.2, 0.25) is 0 Å². The minimum Gasteiger partial charge on any atom is -0.506 e. The van der Waals surface area contributed by atoms with Crippen molar-refractivity contribution in [2.24, 2.45) is 0 Å². The topological polar surface area (TPSA) is 92.4 Å². The summed E-state index contributed by atoms with van der Waals surface area (Å²) in [6.45, 7) is 0.295. The lowest BCUT2D eigenvalue weighted by atomic mass is 10.2. The van der Waals surface area contributed by atoms with Crippen LogP contribution in [0.1, 0.15) is 12.8 Å². The summed E-state index contributed by atoms with van der Waals surface area (Å²) in [6.07, 6.45) is 1.69. The van der Waals surface area contributed by atoms with Gasteiger partial charge in [-0.1, -0.05) is 6.07 Å². The first-order valence-corrected chi connectivity index (χ1v) is 5.48. The molecule has 0 aliphatic heterocycles. The molecule has 1 heterocycles. The normalized spacial score (nSPS) is 10.7. The number of hydrogen-bond acceptors (Lipinski definition) is 4. The quantitative estimate of drug-likeness (QED) is 0.840. The van der Waals surface area contributed by atoms with Gasteiger partial charge in [-0.05, 0) is 18.6 Å². The van der Waals surface area contributed by atoms with Crippen molar-refractivity contribution in [2.75, 3.05) is 0 Å². The minimum absolute atomic E-state index is 0.00448. The zero-order chi connectivity index (χ0) is 13.1. The Kier molecular flexibility index (Phi) is 3.27. The molecule has 0 amide bonds. The Bertz CT molecular complexity index is 648. The van der Waals surface area contributed by atoms with Gasteiger partial charge in [-0.3, -0.25) is 14.2 Å². The van der Waals surface area contributed by atoms with Gasteiger partial charge in [0, 0.05) is 13.0 Å². The maximum atomic E-state index is 12.0. The lowest BCUT2D eigenvalue weighted by molar-refractivity contribution is -0.137. The number of benzene rings is 1. The van der Waals surface area contributed by atoms with Gasteiger partial charge in [0.25, 0.3) is 5.56 Å². The number of phenols is 1. The van der Waals surface area contributed by atoms with Crippen LogP contribution in [-0.2, 0) is 11.3 Å². The van der Waals surface area contributed by atoms with E-state index in [4.69, 9.17) is 5.11 Å². The van der Waals surface area contributed by atoms with Crippen molar-refractivity contribution in [3.8, 4) is 5.75 Å². The zero-order valence-electron chi connectivity index (χ0n) is 9.54. The van der Waals surface area contributed by atoms with Crippen molar-refractivity contribution in [2.45, 2.75) is 19.4 Å². The number of rotatable bonds is 4. The number of aliphatic carboxylic acids is 1. The van der Waals surface area contributed by atoms with Crippen LogP contribution < -0.4 is 5.56 Å². The van der Waals surface area contributed by atoms with Gasteiger partial charge in [0.05, 0.1) is 11.7 Å². The maximum Gasteiger partial charge on any atom is 0.303 e. The van der Waals surface area contributed by atoms with E-state index in [1.54, 1.807) is 12.1 Å². The first-order valence-electron chi connectivity index (χ1n) is 5.48. The van der Waals surface area contributed by atoms with E-state index < -0.39 is 5.97 Å². The highest BCUT2D eigenvalue weighted by Crippen LogP contribution is 2.18. The first-order chi connectivity index (χ1) is 8.59. The molecule has 0 fully saturated rings. The van der Waals surface area contributed by atoms with E-state index in [2.05, 4.69) is 4.98 Å². The van der Waals surface area contributed by atoms with Gasteiger partial charge in [-0.15, -0.1) is 0 Å². The van der Waals surface area contributed by atoms with Crippen LogP contribution in [-0.4, -0.2) is 25.7 Å². The number of hydrogen-bond donors (Lipinski definition) is 2. The Morgan fingerprint density at radius 1 is 1.39 bits per heavy atom. The van der Waals surface area contributed by atoms with Crippen molar-refractivity contribution in [1.82, 2.24) is 9.55 Å². The number of aromatic hydroxyl groups is 1. The molecule has 2 aromatic rings. The first kappa shape index (κ1) is 12.1. The van der Waals surface area contributed by atoms with Gasteiger partial charge in [0.1, 0.15) is 11.3 Å². The van der Waals surface area contributed by atoms with Crippen LogP contribution in [0.3, 0.4) is 0 Å². The highest BCUT2D eigenvalue weighted by Gasteiger charge is 2.07. The Balaban J connectivity index is 2.34. The molecule has 1 aromatic carbocycles. The molecule has 2 rings (SSSR count). The molecule has 0 atom stereocenters. The average molecular weight is 248 g/mol. The number of carboxylic acids is 1. The smallest absolute Gasteiger partial charge is 0.303 e. The van der Waals surface area contributed by atoms with Crippen LogP contribution in [0.2, 0.25) is 0 Å². The third kappa shape index (κ3) is 2.32. The molecule has 0 saturated carbocycles. The molecule has 0 spiro atoms. The number of aryl methyl sites for hydroxylation is 1. The molecule has 0 aliphatic carbocycles. The monoisotopic (exact) mass is 248 g/mol. The van der Waals surface area contributed by atoms with E-state index in [0.717, 1.165) is 0 Å². The van der Waals surface area contributed by atoms with Crippen LogP contribution in [0.5, 0.6) is 5.75 Å². The number of para-hydroxylation sites is 1. The minimum atomic E-state index is -0.894. The number of carboxylic acid groups (broad SMARTS) is 1. The SMILES string of the molecule is O=C(O)CCCn1cnc2c(O)cccc2c1=O. The second kappa shape index (κ2) is 4.87. The Hall–Kier alpha value is -2.37. The average Bonchev–Trinajstić information content (AvgIpc) is 2.32. The van der Waals surface area contributed by atoms with Crippen molar-refractivity contribution in [3.05, 3.63) is 34.9 Å². The number of phenolic OH excluding ortho intramolecular Hbond substituents is 1. The fourth-order valence-corrected chi connectivity index (χ4v) is 1.73. The van der Waals surface area contributed by atoms with Gasteiger partial charge < -0.3 is 10.2 Å². The molecule has 0 unspecified atom stereocenters. The molecule has 94 valence electrons. The molecular formula is C12H12N2O4.